The first-order valence-corrected chi connectivity index (χ1v) is 7.44. The second-order valence-corrected chi connectivity index (χ2v) is 6.03. The van der Waals surface area contributed by atoms with Gasteiger partial charge in [-0.05, 0) is 0 Å². The van der Waals surface area contributed by atoms with Gasteiger partial charge in [0, 0.05) is 0 Å². The quantitative estimate of drug-likeness (QED) is 0.282. The second kappa shape index (κ2) is 3.87. The Labute approximate surface area is 87.4 Å². The summed E-state index contributed by atoms with van der Waals surface area (Å²) in [6, 6.07) is 2.26. The Morgan fingerprint density at radius 1 is 1.75 bits per heavy atom. The third-order valence-corrected chi connectivity index (χ3v) is 4.81. The number of pyridine rings is 1. The molecule has 1 N–H and O–H groups in total. The summed E-state index contributed by atoms with van der Waals surface area (Å²) in [6.45, 7) is 0. The molecule has 2 heterocycles. The monoisotopic (exact) mass is 290 g/mol. The molecule has 12 heavy (non-hydrogen) atoms. The molecule has 0 amide bonds. The number of rotatable bonds is 1. The number of thioether (sulfide) groups is 1. The number of alkyl halides is 1. The van der Waals surface area contributed by atoms with E-state index in [1.165, 1.54) is 12.8 Å². The molecule has 1 radical (unpaired) electrons. The van der Waals surface area contributed by atoms with Crippen LogP contribution in [0.15, 0.2) is 17.2 Å². The van der Waals surface area contributed by atoms with Crippen LogP contribution in [0.4, 0.5) is 5.82 Å². The van der Waals surface area contributed by atoms with E-state index in [4.69, 9.17) is 0 Å². The molecule has 2 nitrogen and oxygen atoms in total. The summed E-state index contributed by atoms with van der Waals surface area (Å²) < 4.78 is 2.66. The Morgan fingerprint density at radius 3 is 3.50 bits per heavy atom. The van der Waals surface area contributed by atoms with Crippen molar-refractivity contribution in [2.75, 3.05) is 15.8 Å². The van der Waals surface area contributed by atoms with Crippen molar-refractivity contribution in [3.8, 4) is 0 Å². The topological polar surface area (TPSA) is 24.9 Å². The number of hydrogen-bond donors (Lipinski definition) is 1. The Kier molecular flexibility index (Phi) is 2.80. The molecule has 2 rings (SSSR count). The van der Waals surface area contributed by atoms with Crippen molar-refractivity contribution >= 4 is 25.0 Å². The zero-order valence-corrected chi connectivity index (χ0v) is 9.65. The van der Waals surface area contributed by atoms with Crippen molar-refractivity contribution in [2.45, 2.75) is 4.90 Å². The van der Waals surface area contributed by atoms with Gasteiger partial charge in [0.1, 0.15) is 0 Å². The third kappa shape index (κ3) is 1.71. The summed E-state index contributed by atoms with van der Waals surface area (Å²) in [5, 5.41) is 3.20. The van der Waals surface area contributed by atoms with Crippen LogP contribution < -0.4 is 26.4 Å². The fourth-order valence-corrected chi connectivity index (χ4v) is 3.73. The molecule has 5 heteroatoms. The van der Waals surface area contributed by atoms with Crippen molar-refractivity contribution in [1.82, 2.24) is 4.98 Å². The fourth-order valence-electron chi connectivity index (χ4n) is 0.997. The van der Waals surface area contributed by atoms with Gasteiger partial charge in [-0.25, -0.2) is 0 Å². The van der Waals surface area contributed by atoms with E-state index in [0.717, 1.165) is 5.82 Å². The molecule has 1 aromatic rings. The van der Waals surface area contributed by atoms with Gasteiger partial charge >= 0.3 is 87.7 Å². The molecule has 1 aromatic heterocycles. The number of anilines is 1. The zero-order chi connectivity index (χ0) is 8.39. The molecule has 0 saturated heterocycles. The molecule has 0 fully saturated rings. The number of halogens is 1. The first-order valence-electron chi connectivity index (χ1n) is 3.61. The Hall–Kier alpha value is 0.0949. The molecule has 63 valence electrons. The van der Waals surface area contributed by atoms with Crippen molar-refractivity contribution in [3.05, 3.63) is 15.8 Å². The van der Waals surface area contributed by atoms with E-state index >= 15 is 0 Å². The van der Waals surface area contributed by atoms with Crippen molar-refractivity contribution in [3.63, 3.8) is 0 Å². The van der Waals surface area contributed by atoms with Gasteiger partial charge < -0.3 is 0 Å². The molecular weight excluding hydrogens is 282 g/mol. The molecule has 0 aliphatic carbocycles. The van der Waals surface area contributed by atoms with Gasteiger partial charge in [-0.1, -0.05) is 0 Å². The van der Waals surface area contributed by atoms with Crippen LogP contribution in [0.1, 0.15) is 0 Å². The van der Waals surface area contributed by atoms with Crippen LogP contribution in [0.5, 0.6) is 0 Å². The fraction of sp³-hybridized carbons (Fsp3) is 0.286. The molecule has 0 unspecified atom stereocenters. The first-order chi connectivity index (χ1) is 5.90. The Bertz CT molecular complexity index is 295. The normalized spacial score (nSPS) is 15.1. The van der Waals surface area contributed by atoms with Crippen molar-refractivity contribution < 1.29 is 21.2 Å². The van der Waals surface area contributed by atoms with Crippen LogP contribution in [0.2, 0.25) is 0 Å². The minimum absolute atomic E-state index is 0.178. The van der Waals surface area contributed by atoms with E-state index in [1.807, 2.05) is 6.20 Å². The van der Waals surface area contributed by atoms with Gasteiger partial charge in [-0.3, -0.25) is 0 Å². The minimum atomic E-state index is 0.178. The number of nitrogens with zero attached hydrogens (tertiary/aromatic N) is 1. The van der Waals surface area contributed by atoms with Crippen LogP contribution in [0, 0.1) is 3.57 Å². The van der Waals surface area contributed by atoms with E-state index in [-0.39, 0.29) is 21.2 Å². The van der Waals surface area contributed by atoms with Crippen LogP contribution in [-0.4, -0.2) is 23.0 Å². The van der Waals surface area contributed by atoms with E-state index in [1.54, 1.807) is 11.8 Å². The molecular formula is C7H8BIN2S-. The molecule has 1 aliphatic heterocycles. The summed E-state index contributed by atoms with van der Waals surface area (Å²) in [5.41, 5.74) is 0. The van der Waals surface area contributed by atoms with Crippen molar-refractivity contribution in [2.24, 2.45) is 0 Å². The predicted molar refractivity (Wildman–Crippen MR) is 49.0 cm³/mol. The molecule has 1 aliphatic rings. The van der Waals surface area contributed by atoms with Crippen LogP contribution >= 0.6 is 11.8 Å². The Morgan fingerprint density at radius 2 is 2.67 bits per heavy atom. The van der Waals surface area contributed by atoms with E-state index < -0.39 is 0 Å². The molecule has 0 bridgehead atoms. The standard InChI is InChI=1S/C7H8BIN2S/c1-12-5-2-6-7(10-3-5)11-8-4-9-6/h2-3H,4H2,1H3,(H,10,11)/q-1. The predicted octanol–water partition coefficient (Wildman–Crippen LogP) is -1.94. The first kappa shape index (κ1) is 8.68. The van der Waals surface area contributed by atoms with Gasteiger partial charge in [0.05, 0.1) is 0 Å². The van der Waals surface area contributed by atoms with Crippen LogP contribution in [-0.2, 0) is 0 Å². The number of nitrogens with one attached hydrogen (secondary N) is 1. The molecule has 0 atom stereocenters. The van der Waals surface area contributed by atoms with Gasteiger partial charge in [-0.2, -0.15) is 0 Å². The molecule has 0 saturated carbocycles. The van der Waals surface area contributed by atoms with E-state index in [9.17, 15) is 0 Å². The van der Waals surface area contributed by atoms with Gasteiger partial charge in [0.25, 0.3) is 0 Å². The Balaban J connectivity index is 2.36. The van der Waals surface area contributed by atoms with E-state index in [2.05, 4.69) is 29.9 Å². The zero-order valence-electron chi connectivity index (χ0n) is 6.67. The summed E-state index contributed by atoms with van der Waals surface area (Å²) in [5.74, 6) is 1.08. The van der Waals surface area contributed by atoms with Crippen molar-refractivity contribution in [1.29, 1.82) is 0 Å². The van der Waals surface area contributed by atoms with Crippen LogP contribution in [0.3, 0.4) is 0 Å². The van der Waals surface area contributed by atoms with Gasteiger partial charge in [0.15, 0.2) is 0 Å². The SMILES string of the molecule is CSc1cnc2c(c1)[I-]C[B]N2. The number of aromatic nitrogens is 1. The summed E-state index contributed by atoms with van der Waals surface area (Å²) in [7, 11) is 2.11. The summed E-state index contributed by atoms with van der Waals surface area (Å²) in [4.78, 5) is 5.63. The average molecular weight is 290 g/mol. The van der Waals surface area contributed by atoms with Gasteiger partial charge in [0.2, 0.25) is 0 Å². The number of hydrogen-bond acceptors (Lipinski definition) is 3. The summed E-state index contributed by atoms with van der Waals surface area (Å²) in [6.07, 6.45) is 4.02. The summed E-state index contributed by atoms with van der Waals surface area (Å²) >= 11 is 1.94. The second-order valence-electron chi connectivity index (χ2n) is 2.34. The maximum absolute atomic E-state index is 4.35. The number of fused-ring (bicyclic) bond motifs is 1. The van der Waals surface area contributed by atoms with Gasteiger partial charge in [-0.15, -0.1) is 0 Å². The third-order valence-electron chi connectivity index (χ3n) is 1.59. The average Bonchev–Trinajstić information content (AvgIpc) is 2.17. The maximum atomic E-state index is 4.35. The van der Waals surface area contributed by atoms with Crippen LogP contribution in [0.25, 0.3) is 0 Å². The van der Waals surface area contributed by atoms with E-state index in [0.29, 0.717) is 0 Å². The molecule has 0 aromatic carbocycles. The molecule has 0 spiro atoms.